The Kier molecular flexibility index (Phi) is 7.17. The molecule has 1 aromatic carbocycles. The molecule has 10 heteroatoms. The fourth-order valence-electron chi connectivity index (χ4n) is 4.33. The van der Waals surface area contributed by atoms with Crippen LogP contribution in [-0.2, 0) is 24.2 Å². The van der Waals surface area contributed by atoms with Crippen LogP contribution in [0.2, 0.25) is 0 Å². The van der Waals surface area contributed by atoms with Gasteiger partial charge in [0.05, 0.1) is 22.5 Å². The number of nitrogens with one attached hydrogen (secondary N) is 1. The van der Waals surface area contributed by atoms with Gasteiger partial charge in [0.1, 0.15) is 17.3 Å². The maximum atomic E-state index is 13.2. The van der Waals surface area contributed by atoms with E-state index >= 15 is 0 Å². The van der Waals surface area contributed by atoms with Gasteiger partial charge in [-0.15, -0.1) is 0 Å². The Bertz CT molecular complexity index is 1110. The molecule has 37 heavy (non-hydrogen) atoms. The summed E-state index contributed by atoms with van der Waals surface area (Å²) in [6.07, 6.45) is -1.12. The van der Waals surface area contributed by atoms with E-state index in [1.165, 1.54) is 4.90 Å². The van der Waals surface area contributed by atoms with E-state index in [1.54, 1.807) is 47.6 Å². The average molecular weight is 513 g/mol. The lowest BCUT2D eigenvalue weighted by atomic mass is 9.74. The third kappa shape index (κ3) is 6.05. The van der Waals surface area contributed by atoms with Crippen LogP contribution in [0.3, 0.4) is 0 Å². The van der Waals surface area contributed by atoms with Crippen LogP contribution in [0.5, 0.6) is 0 Å². The molecule has 1 saturated heterocycles. The maximum Gasteiger partial charge on any atom is 0.494 e. The van der Waals surface area contributed by atoms with Crippen molar-refractivity contribution in [3.63, 3.8) is 0 Å². The summed E-state index contributed by atoms with van der Waals surface area (Å²) in [6, 6.07) is 5.84. The number of alkyl carbamates (subject to hydrolysis) is 1. The van der Waals surface area contributed by atoms with E-state index in [1.807, 2.05) is 40.7 Å². The molecule has 2 amide bonds. The summed E-state index contributed by atoms with van der Waals surface area (Å²) in [5.41, 5.74) is -1.09. The zero-order valence-electron chi connectivity index (χ0n) is 24.0. The molecule has 0 spiro atoms. The van der Waals surface area contributed by atoms with Crippen molar-refractivity contribution in [1.29, 1.82) is 5.26 Å². The Labute approximate surface area is 220 Å². The van der Waals surface area contributed by atoms with Crippen LogP contribution in [-0.4, -0.2) is 54.8 Å². The number of ether oxygens (including phenoxy) is 2. The third-order valence-electron chi connectivity index (χ3n) is 6.84. The van der Waals surface area contributed by atoms with E-state index in [0.29, 0.717) is 16.7 Å². The van der Waals surface area contributed by atoms with E-state index in [4.69, 9.17) is 18.8 Å². The molecular weight excluding hydrogens is 473 g/mol. The van der Waals surface area contributed by atoms with Crippen molar-refractivity contribution < 1.29 is 28.4 Å². The standard InChI is InChI=1S/C27H40BN3O6/c1-23(2,3)34-21(32)30-15-27(11)16-31(22(33)35-24(4,5)6)20-17(14-29)12-18(13-19(20)27)28-36-25(7,8)26(9,10)37-28/h12-13H,15-16H2,1-11H3,(H,30,32)/t27-/m0/s1. The summed E-state index contributed by atoms with van der Waals surface area (Å²) in [5, 5.41) is 13.0. The number of rotatable bonds is 3. The summed E-state index contributed by atoms with van der Waals surface area (Å²) in [5.74, 6) is 0. The van der Waals surface area contributed by atoms with Crippen LogP contribution in [0.25, 0.3) is 0 Å². The zero-order chi connectivity index (χ0) is 28.2. The molecule has 3 rings (SSSR count). The van der Waals surface area contributed by atoms with Crippen molar-refractivity contribution >= 4 is 30.5 Å². The number of carbonyl (C=O) groups is 2. The SMILES string of the molecule is CC(C)(C)OC(=O)NC[C@@]1(C)CN(C(=O)OC(C)(C)C)c2c(C#N)cc(B3OC(C)(C)C(C)(C)O3)cc21. The molecule has 0 bridgehead atoms. The number of benzene rings is 1. The van der Waals surface area contributed by atoms with Crippen LogP contribution in [0, 0.1) is 11.3 Å². The fourth-order valence-corrected chi connectivity index (χ4v) is 4.33. The van der Waals surface area contributed by atoms with Crippen molar-refractivity contribution in [2.24, 2.45) is 0 Å². The first-order chi connectivity index (χ1) is 16.7. The van der Waals surface area contributed by atoms with Crippen molar-refractivity contribution in [3.05, 3.63) is 23.3 Å². The molecule has 0 radical (unpaired) electrons. The van der Waals surface area contributed by atoms with E-state index in [0.717, 1.165) is 5.56 Å². The lowest BCUT2D eigenvalue weighted by Gasteiger charge is -2.32. The van der Waals surface area contributed by atoms with Crippen LogP contribution in [0.15, 0.2) is 12.1 Å². The number of carbonyl (C=O) groups excluding carboxylic acids is 2. The summed E-state index contributed by atoms with van der Waals surface area (Å²) in [6.45, 7) is 20.9. The molecule has 2 aliphatic heterocycles. The highest BCUT2D eigenvalue weighted by atomic mass is 16.7. The molecule has 202 valence electrons. The van der Waals surface area contributed by atoms with Crippen molar-refractivity contribution in [1.82, 2.24) is 5.32 Å². The first kappa shape index (κ1) is 28.8. The number of fused-ring (bicyclic) bond motifs is 1. The minimum atomic E-state index is -0.742. The Morgan fingerprint density at radius 1 is 1.03 bits per heavy atom. The highest BCUT2D eigenvalue weighted by Gasteiger charge is 2.53. The van der Waals surface area contributed by atoms with E-state index < -0.39 is 47.1 Å². The molecule has 9 nitrogen and oxygen atoms in total. The molecule has 1 N–H and O–H groups in total. The van der Waals surface area contributed by atoms with Gasteiger partial charge in [0.2, 0.25) is 0 Å². The van der Waals surface area contributed by atoms with Gasteiger partial charge < -0.3 is 24.1 Å². The zero-order valence-corrected chi connectivity index (χ0v) is 24.0. The largest absolute Gasteiger partial charge is 0.494 e. The number of nitrogens with zero attached hydrogens (tertiary/aromatic N) is 2. The minimum Gasteiger partial charge on any atom is -0.444 e. The molecule has 0 aliphatic carbocycles. The van der Waals surface area contributed by atoms with Crippen molar-refractivity contribution in [2.45, 2.75) is 104 Å². The monoisotopic (exact) mass is 513 g/mol. The first-order valence-corrected chi connectivity index (χ1v) is 12.6. The molecule has 1 atom stereocenters. The summed E-state index contributed by atoms with van der Waals surface area (Å²) >= 11 is 0. The molecular formula is C27H40BN3O6. The minimum absolute atomic E-state index is 0.173. The summed E-state index contributed by atoms with van der Waals surface area (Å²) < 4.78 is 23.6. The van der Waals surface area contributed by atoms with Gasteiger partial charge in [0.25, 0.3) is 0 Å². The first-order valence-electron chi connectivity index (χ1n) is 12.6. The Balaban J connectivity index is 2.06. The smallest absolute Gasteiger partial charge is 0.444 e. The lowest BCUT2D eigenvalue weighted by molar-refractivity contribution is 0.00578. The predicted octanol–water partition coefficient (Wildman–Crippen LogP) is 4.39. The number of hydrogen-bond acceptors (Lipinski definition) is 7. The van der Waals surface area contributed by atoms with Crippen LogP contribution in [0.1, 0.15) is 87.3 Å². The normalized spacial score (nSPS) is 22.3. The van der Waals surface area contributed by atoms with Gasteiger partial charge in [-0.25, -0.2) is 9.59 Å². The van der Waals surface area contributed by atoms with Gasteiger partial charge in [-0.3, -0.25) is 4.90 Å². The van der Waals surface area contributed by atoms with E-state index in [2.05, 4.69) is 11.4 Å². The topological polar surface area (TPSA) is 110 Å². The third-order valence-corrected chi connectivity index (χ3v) is 6.84. The predicted molar refractivity (Wildman–Crippen MR) is 142 cm³/mol. The summed E-state index contributed by atoms with van der Waals surface area (Å²) in [7, 11) is -0.693. The van der Waals surface area contributed by atoms with E-state index in [9.17, 15) is 14.9 Å². The molecule has 0 saturated carbocycles. The van der Waals surface area contributed by atoms with Crippen molar-refractivity contribution in [2.75, 3.05) is 18.0 Å². The quantitative estimate of drug-likeness (QED) is 0.597. The fraction of sp³-hybridized carbons (Fsp3) is 0.667. The lowest BCUT2D eigenvalue weighted by Crippen LogP contribution is -2.45. The number of nitriles is 1. The molecule has 0 unspecified atom stereocenters. The van der Waals surface area contributed by atoms with Gasteiger partial charge in [-0.05, 0) is 86.3 Å². The van der Waals surface area contributed by atoms with Crippen LogP contribution in [0.4, 0.5) is 15.3 Å². The number of hydrogen-bond donors (Lipinski definition) is 1. The molecule has 1 aromatic rings. The Hall–Kier alpha value is -2.77. The van der Waals surface area contributed by atoms with Gasteiger partial charge >= 0.3 is 19.3 Å². The molecule has 2 aliphatic rings. The maximum absolute atomic E-state index is 13.2. The average Bonchev–Trinajstić information content (AvgIpc) is 3.13. The highest BCUT2D eigenvalue weighted by molar-refractivity contribution is 6.62. The van der Waals surface area contributed by atoms with Crippen LogP contribution >= 0.6 is 0 Å². The summed E-state index contributed by atoms with van der Waals surface area (Å²) in [4.78, 5) is 27.2. The second-order valence-electron chi connectivity index (χ2n) is 13.1. The highest BCUT2D eigenvalue weighted by Crippen LogP contribution is 2.44. The second kappa shape index (κ2) is 9.21. The number of anilines is 1. The molecule has 0 aromatic heterocycles. The van der Waals surface area contributed by atoms with Gasteiger partial charge in [-0.2, -0.15) is 5.26 Å². The molecule has 2 heterocycles. The Morgan fingerprint density at radius 3 is 2.05 bits per heavy atom. The second-order valence-corrected chi connectivity index (χ2v) is 13.1. The molecule has 1 fully saturated rings. The van der Waals surface area contributed by atoms with Gasteiger partial charge in [-0.1, -0.05) is 13.0 Å². The van der Waals surface area contributed by atoms with Gasteiger partial charge in [0, 0.05) is 18.5 Å². The Morgan fingerprint density at radius 2 is 1.57 bits per heavy atom. The number of amides is 2. The van der Waals surface area contributed by atoms with Crippen LogP contribution < -0.4 is 15.7 Å². The van der Waals surface area contributed by atoms with Crippen molar-refractivity contribution in [3.8, 4) is 6.07 Å². The van der Waals surface area contributed by atoms with E-state index in [-0.39, 0.29) is 13.1 Å². The van der Waals surface area contributed by atoms with Gasteiger partial charge in [0.15, 0.2) is 0 Å².